The van der Waals surface area contributed by atoms with Crippen LogP contribution in [-0.4, -0.2) is 41.9 Å². The fourth-order valence-corrected chi connectivity index (χ4v) is 3.94. The van der Waals surface area contributed by atoms with E-state index in [2.05, 4.69) is 10.6 Å². The summed E-state index contributed by atoms with van der Waals surface area (Å²) in [6.07, 6.45) is 1.98. The van der Waals surface area contributed by atoms with Crippen molar-refractivity contribution < 1.29 is 19.1 Å². The SMILES string of the molecule is Cc1ccc(C(=O)NCC2CCCO2)cc1NC1=C(Cl)C(=O)N(Cc2ccccc2)C1=O. The summed E-state index contributed by atoms with van der Waals surface area (Å²) in [7, 11) is 0. The first-order valence-electron chi connectivity index (χ1n) is 10.5. The number of halogens is 1. The molecule has 1 fully saturated rings. The molecule has 0 saturated carbocycles. The number of amides is 3. The van der Waals surface area contributed by atoms with Gasteiger partial charge in [-0.1, -0.05) is 48.0 Å². The van der Waals surface area contributed by atoms with Crippen molar-refractivity contribution in [1.29, 1.82) is 0 Å². The predicted molar refractivity (Wildman–Crippen MR) is 121 cm³/mol. The van der Waals surface area contributed by atoms with Gasteiger partial charge in [0, 0.05) is 24.4 Å². The van der Waals surface area contributed by atoms with Crippen LogP contribution in [0.4, 0.5) is 5.69 Å². The van der Waals surface area contributed by atoms with Crippen molar-refractivity contribution in [3.05, 3.63) is 76.0 Å². The van der Waals surface area contributed by atoms with Gasteiger partial charge in [-0.25, -0.2) is 0 Å². The third-order valence-corrected chi connectivity index (χ3v) is 5.92. The Morgan fingerprint density at radius 3 is 2.66 bits per heavy atom. The van der Waals surface area contributed by atoms with Gasteiger partial charge in [0.15, 0.2) is 0 Å². The second kappa shape index (κ2) is 9.54. The fourth-order valence-electron chi connectivity index (χ4n) is 3.71. The molecular weight excluding hydrogens is 430 g/mol. The van der Waals surface area contributed by atoms with Crippen LogP contribution in [-0.2, 0) is 20.9 Å². The summed E-state index contributed by atoms with van der Waals surface area (Å²) >= 11 is 6.22. The summed E-state index contributed by atoms with van der Waals surface area (Å²) in [6, 6.07) is 14.4. The molecule has 0 aromatic heterocycles. The Morgan fingerprint density at radius 2 is 1.94 bits per heavy atom. The average molecular weight is 454 g/mol. The molecule has 0 radical (unpaired) electrons. The van der Waals surface area contributed by atoms with E-state index in [4.69, 9.17) is 16.3 Å². The van der Waals surface area contributed by atoms with Crippen LogP contribution in [0.15, 0.2) is 59.3 Å². The molecule has 166 valence electrons. The zero-order valence-corrected chi connectivity index (χ0v) is 18.4. The fraction of sp³-hybridized carbons (Fsp3) is 0.292. The Balaban J connectivity index is 1.47. The highest BCUT2D eigenvalue weighted by Gasteiger charge is 2.38. The highest BCUT2D eigenvalue weighted by Crippen LogP contribution is 2.28. The number of anilines is 1. The lowest BCUT2D eigenvalue weighted by molar-refractivity contribution is -0.138. The summed E-state index contributed by atoms with van der Waals surface area (Å²) in [5.74, 6) is -1.29. The number of nitrogens with one attached hydrogen (secondary N) is 2. The van der Waals surface area contributed by atoms with E-state index in [1.54, 1.807) is 18.2 Å². The van der Waals surface area contributed by atoms with Gasteiger partial charge < -0.3 is 15.4 Å². The molecular formula is C24H24ClN3O4. The average Bonchev–Trinajstić information content (AvgIpc) is 3.39. The maximum absolute atomic E-state index is 12.9. The molecule has 2 aliphatic rings. The lowest BCUT2D eigenvalue weighted by Gasteiger charge is -2.16. The van der Waals surface area contributed by atoms with E-state index in [1.807, 2.05) is 37.3 Å². The van der Waals surface area contributed by atoms with Gasteiger partial charge in [0.05, 0.1) is 12.6 Å². The number of rotatable bonds is 7. The zero-order chi connectivity index (χ0) is 22.7. The number of benzene rings is 2. The van der Waals surface area contributed by atoms with Gasteiger partial charge in [-0.2, -0.15) is 0 Å². The second-order valence-electron chi connectivity index (χ2n) is 7.87. The van der Waals surface area contributed by atoms with Gasteiger partial charge in [0.2, 0.25) is 0 Å². The molecule has 4 rings (SSSR count). The number of ether oxygens (including phenoxy) is 1. The third-order valence-electron chi connectivity index (χ3n) is 5.57. The Hall–Kier alpha value is -3.16. The monoisotopic (exact) mass is 453 g/mol. The Labute approximate surface area is 191 Å². The summed E-state index contributed by atoms with van der Waals surface area (Å²) in [5.41, 5.74) is 2.60. The lowest BCUT2D eigenvalue weighted by Crippen LogP contribution is -2.32. The number of carbonyl (C=O) groups excluding carboxylic acids is 3. The van der Waals surface area contributed by atoms with Crippen molar-refractivity contribution in [3.8, 4) is 0 Å². The Kier molecular flexibility index (Phi) is 6.58. The molecule has 32 heavy (non-hydrogen) atoms. The highest BCUT2D eigenvalue weighted by atomic mass is 35.5. The normalized spacial score (nSPS) is 18.4. The van der Waals surface area contributed by atoms with Crippen LogP contribution in [0.25, 0.3) is 0 Å². The van der Waals surface area contributed by atoms with E-state index in [-0.39, 0.29) is 29.3 Å². The minimum absolute atomic E-state index is 0.00705. The Bertz CT molecular complexity index is 1080. The molecule has 8 heteroatoms. The summed E-state index contributed by atoms with van der Waals surface area (Å²) < 4.78 is 5.54. The highest BCUT2D eigenvalue weighted by molar-refractivity contribution is 6.48. The topological polar surface area (TPSA) is 87.7 Å². The molecule has 1 saturated heterocycles. The van der Waals surface area contributed by atoms with E-state index in [1.165, 1.54) is 0 Å². The number of carbonyl (C=O) groups is 3. The quantitative estimate of drug-likeness (QED) is 0.628. The minimum atomic E-state index is -0.550. The van der Waals surface area contributed by atoms with Crippen molar-refractivity contribution in [2.24, 2.45) is 0 Å². The van der Waals surface area contributed by atoms with Crippen LogP contribution in [0.1, 0.15) is 34.3 Å². The number of hydrogen-bond donors (Lipinski definition) is 2. The smallest absolute Gasteiger partial charge is 0.279 e. The molecule has 0 bridgehead atoms. The van der Waals surface area contributed by atoms with Crippen LogP contribution >= 0.6 is 11.6 Å². The third kappa shape index (κ3) is 4.69. The van der Waals surface area contributed by atoms with Crippen LogP contribution in [0, 0.1) is 6.92 Å². The molecule has 3 amide bonds. The summed E-state index contributed by atoms with van der Waals surface area (Å²) in [4.78, 5) is 39.2. The van der Waals surface area contributed by atoms with Crippen LogP contribution in [0.3, 0.4) is 0 Å². The number of imide groups is 1. The first kappa shape index (κ1) is 22.0. The van der Waals surface area contributed by atoms with Crippen molar-refractivity contribution in [2.75, 3.05) is 18.5 Å². The number of aryl methyl sites for hydroxylation is 1. The van der Waals surface area contributed by atoms with Gasteiger partial charge in [-0.15, -0.1) is 0 Å². The van der Waals surface area contributed by atoms with E-state index in [0.29, 0.717) is 17.8 Å². The predicted octanol–water partition coefficient (Wildman–Crippen LogP) is 3.34. The van der Waals surface area contributed by atoms with Crippen LogP contribution in [0.2, 0.25) is 0 Å². The molecule has 0 aliphatic carbocycles. The molecule has 1 atom stereocenters. The minimum Gasteiger partial charge on any atom is -0.376 e. The van der Waals surface area contributed by atoms with Crippen molar-refractivity contribution in [1.82, 2.24) is 10.2 Å². The lowest BCUT2D eigenvalue weighted by atomic mass is 10.1. The Morgan fingerprint density at radius 1 is 1.16 bits per heavy atom. The molecule has 2 N–H and O–H groups in total. The standard InChI is InChI=1S/C24H24ClN3O4/c1-15-9-10-17(22(29)26-13-18-8-5-11-32-18)12-19(15)27-21-20(25)23(30)28(24(21)31)14-16-6-3-2-4-7-16/h2-4,6-7,9-10,12,18,27H,5,8,11,13-14H2,1H3,(H,26,29). The maximum atomic E-state index is 12.9. The first-order chi connectivity index (χ1) is 15.4. The van der Waals surface area contributed by atoms with Gasteiger partial charge in [0.1, 0.15) is 10.7 Å². The molecule has 1 unspecified atom stereocenters. The van der Waals surface area contributed by atoms with Crippen LogP contribution in [0.5, 0.6) is 0 Å². The van der Waals surface area contributed by atoms with E-state index in [9.17, 15) is 14.4 Å². The van der Waals surface area contributed by atoms with Crippen LogP contribution < -0.4 is 10.6 Å². The van der Waals surface area contributed by atoms with Gasteiger partial charge >= 0.3 is 0 Å². The largest absolute Gasteiger partial charge is 0.376 e. The zero-order valence-electron chi connectivity index (χ0n) is 17.7. The number of nitrogens with zero attached hydrogens (tertiary/aromatic N) is 1. The molecule has 2 aromatic rings. The van der Waals surface area contributed by atoms with Gasteiger partial charge in [-0.05, 0) is 43.0 Å². The molecule has 0 spiro atoms. The van der Waals surface area contributed by atoms with Crippen molar-refractivity contribution >= 4 is 35.0 Å². The van der Waals surface area contributed by atoms with Gasteiger partial charge in [0.25, 0.3) is 17.7 Å². The summed E-state index contributed by atoms with van der Waals surface area (Å²) in [6.45, 7) is 3.15. The van der Waals surface area contributed by atoms with E-state index in [0.717, 1.165) is 35.5 Å². The first-order valence-corrected chi connectivity index (χ1v) is 10.9. The maximum Gasteiger partial charge on any atom is 0.279 e. The summed E-state index contributed by atoms with van der Waals surface area (Å²) in [5, 5.41) is 5.69. The van der Waals surface area contributed by atoms with Crippen molar-refractivity contribution in [2.45, 2.75) is 32.4 Å². The molecule has 7 nitrogen and oxygen atoms in total. The van der Waals surface area contributed by atoms with Crippen molar-refractivity contribution in [3.63, 3.8) is 0 Å². The second-order valence-corrected chi connectivity index (χ2v) is 8.25. The number of hydrogen-bond acceptors (Lipinski definition) is 5. The molecule has 2 aliphatic heterocycles. The van der Waals surface area contributed by atoms with Gasteiger partial charge in [-0.3, -0.25) is 19.3 Å². The molecule has 2 heterocycles. The van der Waals surface area contributed by atoms with E-state index < -0.39 is 11.8 Å². The van der Waals surface area contributed by atoms with E-state index >= 15 is 0 Å². The molecule has 2 aromatic carbocycles.